The Hall–Kier alpha value is -2.65. The van der Waals surface area contributed by atoms with Crippen molar-refractivity contribution in [2.45, 2.75) is 18.6 Å². The lowest BCUT2D eigenvalue weighted by Crippen LogP contribution is -2.42. The van der Waals surface area contributed by atoms with E-state index in [-0.39, 0.29) is 21.6 Å². The minimum absolute atomic E-state index is 0.0742. The Kier molecular flexibility index (Phi) is 6.37. The highest BCUT2D eigenvalue weighted by Crippen LogP contribution is 2.47. The van der Waals surface area contributed by atoms with Gasteiger partial charge in [0, 0.05) is 11.1 Å². The number of hydrogen-bond acceptors (Lipinski definition) is 6. The molecule has 2 aromatic carbocycles. The molecule has 2 fully saturated rings. The topological polar surface area (TPSA) is 113 Å². The first-order valence-electron chi connectivity index (χ1n) is 9.79. The average molecular weight is 512 g/mol. The fourth-order valence-electron chi connectivity index (χ4n) is 4.39. The summed E-state index contributed by atoms with van der Waals surface area (Å²) < 4.78 is 4.66. The lowest BCUT2D eigenvalue weighted by Gasteiger charge is -2.22. The maximum atomic E-state index is 13.3. The molecule has 2 aliphatic rings. The van der Waals surface area contributed by atoms with E-state index >= 15 is 0 Å². The van der Waals surface area contributed by atoms with E-state index in [1.54, 1.807) is 12.1 Å². The standard InChI is InChI=1S/C22H17Cl3N2O6/c1-33-22(32)10-4-2-9(3-5-10)8-27-19(28)14-15(20(27)29)18(21(30)31)26-17(14)12-6-11(23)7-13(24)16(12)25/h2-7,14-15,17-18,26H,8H2,1H3,(H,30,31). The number of nitrogens with zero attached hydrogens (tertiary/aromatic N) is 1. The number of fused-ring (bicyclic) bond motifs is 1. The summed E-state index contributed by atoms with van der Waals surface area (Å²) in [7, 11) is 1.26. The van der Waals surface area contributed by atoms with Crippen LogP contribution in [0.15, 0.2) is 36.4 Å². The number of likely N-dealkylation sites (tertiary alicyclic amines) is 1. The molecule has 0 saturated carbocycles. The molecule has 4 unspecified atom stereocenters. The van der Waals surface area contributed by atoms with Gasteiger partial charge in [0.1, 0.15) is 6.04 Å². The highest BCUT2D eigenvalue weighted by molar-refractivity contribution is 6.43. The first kappa shape index (κ1) is 23.5. The smallest absolute Gasteiger partial charge is 0.337 e. The second-order valence-corrected chi connectivity index (χ2v) is 8.98. The molecule has 0 bridgehead atoms. The van der Waals surface area contributed by atoms with Crippen molar-refractivity contribution in [2.24, 2.45) is 11.8 Å². The molecule has 4 rings (SSSR count). The number of carbonyl (C=O) groups excluding carboxylic acids is 3. The molecular weight excluding hydrogens is 495 g/mol. The van der Waals surface area contributed by atoms with Crippen molar-refractivity contribution in [1.29, 1.82) is 0 Å². The van der Waals surface area contributed by atoms with Gasteiger partial charge in [0.15, 0.2) is 0 Å². The summed E-state index contributed by atoms with van der Waals surface area (Å²) >= 11 is 18.6. The third-order valence-corrected chi connectivity index (χ3v) is 6.94. The van der Waals surface area contributed by atoms with Crippen molar-refractivity contribution in [3.63, 3.8) is 0 Å². The Morgan fingerprint density at radius 2 is 1.70 bits per heavy atom. The van der Waals surface area contributed by atoms with Crippen LogP contribution in [0.5, 0.6) is 0 Å². The maximum absolute atomic E-state index is 13.3. The van der Waals surface area contributed by atoms with Gasteiger partial charge in [0.2, 0.25) is 11.8 Å². The van der Waals surface area contributed by atoms with Crippen LogP contribution in [0.3, 0.4) is 0 Å². The second kappa shape index (κ2) is 8.95. The number of ether oxygens (including phenoxy) is 1. The minimum Gasteiger partial charge on any atom is -0.480 e. The monoisotopic (exact) mass is 510 g/mol. The van der Waals surface area contributed by atoms with Gasteiger partial charge >= 0.3 is 11.9 Å². The lowest BCUT2D eigenvalue weighted by molar-refractivity contribution is -0.146. The summed E-state index contributed by atoms with van der Waals surface area (Å²) in [5.74, 6) is -5.03. The molecule has 0 spiro atoms. The highest BCUT2D eigenvalue weighted by atomic mass is 35.5. The maximum Gasteiger partial charge on any atom is 0.337 e. The molecule has 2 aromatic rings. The number of nitrogens with one attached hydrogen (secondary N) is 1. The van der Waals surface area contributed by atoms with Crippen LogP contribution in [0.1, 0.15) is 27.5 Å². The fourth-order valence-corrected chi connectivity index (χ4v) is 5.12. The quantitative estimate of drug-likeness (QED) is 0.360. The van der Waals surface area contributed by atoms with Crippen molar-refractivity contribution >= 4 is 58.6 Å². The van der Waals surface area contributed by atoms with Gasteiger partial charge in [0.05, 0.1) is 41.1 Å². The van der Waals surface area contributed by atoms with Crippen LogP contribution in [0.4, 0.5) is 0 Å². The van der Waals surface area contributed by atoms with E-state index in [4.69, 9.17) is 34.8 Å². The molecule has 11 heteroatoms. The van der Waals surface area contributed by atoms with Crippen LogP contribution in [0.2, 0.25) is 15.1 Å². The Labute approximate surface area is 203 Å². The average Bonchev–Trinajstić information content (AvgIpc) is 3.29. The lowest BCUT2D eigenvalue weighted by atomic mass is 9.86. The zero-order chi connectivity index (χ0) is 24.0. The van der Waals surface area contributed by atoms with Crippen molar-refractivity contribution in [2.75, 3.05) is 7.11 Å². The van der Waals surface area contributed by atoms with Crippen LogP contribution in [0.25, 0.3) is 0 Å². The van der Waals surface area contributed by atoms with Crippen LogP contribution in [0, 0.1) is 11.8 Å². The summed E-state index contributed by atoms with van der Waals surface area (Å²) in [6.45, 7) is -0.0742. The normalized spacial score (nSPS) is 24.2. The number of carboxylic acids is 1. The molecule has 2 aliphatic heterocycles. The molecule has 2 heterocycles. The Morgan fingerprint density at radius 3 is 2.30 bits per heavy atom. The number of carbonyl (C=O) groups is 4. The van der Waals surface area contributed by atoms with Gasteiger partial charge in [-0.1, -0.05) is 46.9 Å². The largest absolute Gasteiger partial charge is 0.480 e. The number of hydrogen-bond donors (Lipinski definition) is 2. The zero-order valence-electron chi connectivity index (χ0n) is 17.1. The van der Waals surface area contributed by atoms with Gasteiger partial charge in [-0.25, -0.2) is 4.79 Å². The highest BCUT2D eigenvalue weighted by Gasteiger charge is 2.61. The predicted octanol–water partition coefficient (Wildman–Crippen LogP) is 3.33. The molecular formula is C22H17Cl3N2O6. The summed E-state index contributed by atoms with van der Waals surface area (Å²) in [4.78, 5) is 51.1. The number of carboxylic acid groups (broad SMARTS) is 1. The number of rotatable bonds is 5. The van der Waals surface area contributed by atoms with Gasteiger partial charge in [-0.05, 0) is 35.4 Å². The Balaban J connectivity index is 1.67. The first-order chi connectivity index (χ1) is 15.6. The Bertz CT molecular complexity index is 1170. The zero-order valence-corrected chi connectivity index (χ0v) is 19.3. The van der Waals surface area contributed by atoms with Crippen molar-refractivity contribution in [1.82, 2.24) is 10.2 Å². The molecule has 2 saturated heterocycles. The van der Waals surface area contributed by atoms with E-state index in [0.29, 0.717) is 16.7 Å². The molecule has 8 nitrogen and oxygen atoms in total. The molecule has 2 N–H and O–H groups in total. The molecule has 0 aromatic heterocycles. The summed E-state index contributed by atoms with van der Waals surface area (Å²) in [6.07, 6.45) is 0. The number of halogens is 3. The van der Waals surface area contributed by atoms with Gasteiger partial charge in [0.25, 0.3) is 0 Å². The van der Waals surface area contributed by atoms with Crippen LogP contribution in [-0.4, -0.2) is 46.9 Å². The predicted molar refractivity (Wildman–Crippen MR) is 119 cm³/mol. The molecule has 33 heavy (non-hydrogen) atoms. The fraction of sp³-hybridized carbons (Fsp3) is 0.273. The van der Waals surface area contributed by atoms with Crippen LogP contribution < -0.4 is 5.32 Å². The summed E-state index contributed by atoms with van der Waals surface area (Å²) in [6, 6.07) is 7.00. The van der Waals surface area contributed by atoms with Crippen molar-refractivity contribution in [3.05, 3.63) is 68.2 Å². The minimum atomic E-state index is -1.29. The van der Waals surface area contributed by atoms with Gasteiger partial charge in [-0.2, -0.15) is 0 Å². The number of benzene rings is 2. The molecule has 0 radical (unpaired) electrons. The van der Waals surface area contributed by atoms with Crippen LogP contribution in [-0.2, 0) is 25.7 Å². The number of aliphatic carboxylic acids is 1. The second-order valence-electron chi connectivity index (χ2n) is 7.75. The summed E-state index contributed by atoms with van der Waals surface area (Å²) in [5.41, 5.74) is 1.25. The summed E-state index contributed by atoms with van der Waals surface area (Å²) in [5, 5.41) is 13.1. The van der Waals surface area contributed by atoms with E-state index in [1.165, 1.54) is 31.4 Å². The third-order valence-electron chi connectivity index (χ3n) is 5.90. The first-order valence-corrected chi connectivity index (χ1v) is 10.9. The molecule has 172 valence electrons. The van der Waals surface area contributed by atoms with Crippen molar-refractivity contribution < 1.29 is 29.0 Å². The molecule has 4 atom stereocenters. The van der Waals surface area contributed by atoms with Crippen molar-refractivity contribution in [3.8, 4) is 0 Å². The van der Waals surface area contributed by atoms with E-state index < -0.39 is 47.7 Å². The SMILES string of the molecule is COC(=O)c1ccc(CN2C(=O)C3C(C(=O)O)NC(c4cc(Cl)cc(Cl)c4Cl)C3C2=O)cc1. The van der Waals surface area contributed by atoms with E-state index in [0.717, 1.165) is 4.90 Å². The number of imide groups is 1. The van der Waals surface area contributed by atoms with E-state index in [1.807, 2.05) is 0 Å². The molecule has 0 aliphatic carbocycles. The van der Waals surface area contributed by atoms with Crippen LogP contribution >= 0.6 is 34.8 Å². The third kappa shape index (κ3) is 4.08. The van der Waals surface area contributed by atoms with E-state index in [2.05, 4.69) is 10.1 Å². The Morgan fingerprint density at radius 1 is 1.06 bits per heavy atom. The number of esters is 1. The van der Waals surface area contributed by atoms with Gasteiger partial charge in [-0.3, -0.25) is 24.6 Å². The molecule has 2 amide bonds. The van der Waals surface area contributed by atoms with Gasteiger partial charge in [-0.15, -0.1) is 0 Å². The number of methoxy groups -OCH3 is 1. The number of amides is 2. The van der Waals surface area contributed by atoms with Gasteiger partial charge < -0.3 is 9.84 Å². The van der Waals surface area contributed by atoms with E-state index in [9.17, 15) is 24.3 Å².